The van der Waals surface area contributed by atoms with Crippen molar-refractivity contribution in [3.05, 3.63) is 17.5 Å². The molecule has 3 nitrogen and oxygen atoms in total. The first-order chi connectivity index (χ1) is 7.08. The highest BCUT2D eigenvalue weighted by molar-refractivity contribution is 8.00. The average Bonchev–Trinajstić information content (AvgIpc) is 2.47. The minimum atomic E-state index is 0.528. The van der Waals surface area contributed by atoms with E-state index in [0.29, 0.717) is 5.25 Å². The Hall–Kier alpha value is -1.03. The Bertz CT molecular complexity index is 491. The van der Waals surface area contributed by atoms with Gasteiger partial charge in [-0.3, -0.25) is 0 Å². The van der Waals surface area contributed by atoms with Crippen LogP contribution in [0.25, 0.3) is 11.1 Å². The molecule has 2 aromatic rings. The monoisotopic (exact) mass is 222 g/mol. The van der Waals surface area contributed by atoms with Crippen LogP contribution in [0, 0.1) is 13.8 Å². The molecule has 0 radical (unpaired) electrons. The predicted molar refractivity (Wildman–Crippen MR) is 62.3 cm³/mol. The highest BCUT2D eigenvalue weighted by atomic mass is 32.2. The van der Waals surface area contributed by atoms with Gasteiger partial charge in [-0.05, 0) is 19.9 Å². The van der Waals surface area contributed by atoms with Gasteiger partial charge in [-0.2, -0.15) is 0 Å². The Morgan fingerprint density at radius 1 is 1.33 bits per heavy atom. The minimum Gasteiger partial charge on any atom is -0.353 e. The van der Waals surface area contributed by atoms with E-state index in [2.05, 4.69) is 30.1 Å². The number of nitrogens with zero attached hydrogens (tertiary/aromatic N) is 2. The summed E-state index contributed by atoms with van der Waals surface area (Å²) in [6, 6.07) is 2.05. The molecule has 0 aliphatic carbocycles. The molecule has 4 heteroatoms. The van der Waals surface area contributed by atoms with E-state index in [-0.39, 0.29) is 0 Å². The highest BCUT2D eigenvalue weighted by Gasteiger charge is 2.13. The summed E-state index contributed by atoms with van der Waals surface area (Å²) in [6.45, 7) is 8.24. The number of aryl methyl sites for hydroxylation is 2. The maximum absolute atomic E-state index is 5.30. The zero-order chi connectivity index (χ0) is 11.0. The van der Waals surface area contributed by atoms with Gasteiger partial charge in [-0.15, -0.1) is 11.8 Å². The van der Waals surface area contributed by atoms with Gasteiger partial charge in [0.15, 0.2) is 5.58 Å². The van der Waals surface area contributed by atoms with E-state index in [1.54, 1.807) is 11.8 Å². The van der Waals surface area contributed by atoms with Crippen LogP contribution < -0.4 is 0 Å². The van der Waals surface area contributed by atoms with Crippen LogP contribution in [0.15, 0.2) is 15.5 Å². The third kappa shape index (κ3) is 2.00. The third-order valence-corrected chi connectivity index (χ3v) is 3.07. The average molecular weight is 222 g/mol. The number of fused-ring (bicyclic) bond motifs is 1. The van der Waals surface area contributed by atoms with Gasteiger partial charge >= 0.3 is 0 Å². The molecule has 0 bridgehead atoms. The first kappa shape index (κ1) is 10.5. The van der Waals surface area contributed by atoms with E-state index in [1.807, 2.05) is 13.8 Å². The van der Waals surface area contributed by atoms with Crippen molar-refractivity contribution in [1.82, 2.24) is 10.1 Å². The molecular formula is C11H14N2OS. The van der Waals surface area contributed by atoms with Gasteiger partial charge in [0, 0.05) is 10.9 Å². The van der Waals surface area contributed by atoms with Gasteiger partial charge < -0.3 is 4.52 Å². The van der Waals surface area contributed by atoms with Gasteiger partial charge in [-0.25, -0.2) is 4.98 Å². The maximum Gasteiger partial charge on any atom is 0.199 e. The SMILES string of the molecule is Cc1cc(SC(C)C)c2onc(C)c2n1. The number of hydrogen-bond donors (Lipinski definition) is 0. The van der Waals surface area contributed by atoms with Gasteiger partial charge in [0.1, 0.15) is 11.2 Å². The molecular weight excluding hydrogens is 208 g/mol. The predicted octanol–water partition coefficient (Wildman–Crippen LogP) is 3.34. The van der Waals surface area contributed by atoms with E-state index in [4.69, 9.17) is 4.52 Å². The molecule has 0 saturated heterocycles. The zero-order valence-corrected chi connectivity index (χ0v) is 10.2. The van der Waals surface area contributed by atoms with Crippen molar-refractivity contribution in [2.75, 3.05) is 0 Å². The van der Waals surface area contributed by atoms with Crippen molar-refractivity contribution >= 4 is 22.9 Å². The van der Waals surface area contributed by atoms with Gasteiger partial charge in [-0.1, -0.05) is 19.0 Å². The summed E-state index contributed by atoms with van der Waals surface area (Å²) in [5.41, 5.74) is 3.58. The molecule has 0 amide bonds. The number of rotatable bonds is 2. The lowest BCUT2D eigenvalue weighted by atomic mass is 10.3. The smallest absolute Gasteiger partial charge is 0.199 e. The normalized spacial score (nSPS) is 11.5. The second kappa shape index (κ2) is 3.85. The van der Waals surface area contributed by atoms with Gasteiger partial charge in [0.25, 0.3) is 0 Å². The van der Waals surface area contributed by atoms with E-state index in [9.17, 15) is 0 Å². The number of hydrogen-bond acceptors (Lipinski definition) is 4. The molecule has 2 aromatic heterocycles. The van der Waals surface area contributed by atoms with Crippen molar-refractivity contribution in [3.8, 4) is 0 Å². The molecule has 0 aromatic carbocycles. The molecule has 0 fully saturated rings. The second-order valence-electron chi connectivity index (χ2n) is 3.87. The van der Waals surface area contributed by atoms with Crippen molar-refractivity contribution in [2.45, 2.75) is 37.8 Å². The number of pyridine rings is 1. The Balaban J connectivity index is 2.61. The molecule has 0 unspecified atom stereocenters. The summed E-state index contributed by atoms with van der Waals surface area (Å²) < 4.78 is 5.30. The molecule has 0 atom stereocenters. The highest BCUT2D eigenvalue weighted by Crippen LogP contribution is 2.31. The largest absolute Gasteiger partial charge is 0.353 e. The zero-order valence-electron chi connectivity index (χ0n) is 9.37. The molecule has 0 aliphatic heterocycles. The lowest BCUT2D eigenvalue weighted by Crippen LogP contribution is -1.90. The second-order valence-corrected chi connectivity index (χ2v) is 5.49. The molecule has 0 aliphatic rings. The van der Waals surface area contributed by atoms with Crippen LogP contribution in [0.3, 0.4) is 0 Å². The molecule has 2 heterocycles. The van der Waals surface area contributed by atoms with Crippen LogP contribution in [-0.4, -0.2) is 15.4 Å². The minimum absolute atomic E-state index is 0.528. The number of thioether (sulfide) groups is 1. The summed E-state index contributed by atoms with van der Waals surface area (Å²) in [5, 5.41) is 4.48. The molecule has 15 heavy (non-hydrogen) atoms. The number of aromatic nitrogens is 2. The molecule has 0 spiro atoms. The summed E-state index contributed by atoms with van der Waals surface area (Å²) in [7, 11) is 0. The first-order valence-corrected chi connectivity index (χ1v) is 5.86. The third-order valence-electron chi connectivity index (χ3n) is 2.05. The summed E-state index contributed by atoms with van der Waals surface area (Å²) in [4.78, 5) is 5.57. The van der Waals surface area contributed by atoms with Crippen LogP contribution >= 0.6 is 11.8 Å². The molecule has 0 N–H and O–H groups in total. The lowest BCUT2D eigenvalue weighted by molar-refractivity contribution is 0.446. The van der Waals surface area contributed by atoms with Crippen molar-refractivity contribution in [3.63, 3.8) is 0 Å². The van der Waals surface area contributed by atoms with E-state index in [0.717, 1.165) is 27.4 Å². The van der Waals surface area contributed by atoms with E-state index in [1.165, 1.54) is 0 Å². The maximum atomic E-state index is 5.30. The van der Waals surface area contributed by atoms with Crippen LogP contribution in [0.4, 0.5) is 0 Å². The summed E-state index contributed by atoms with van der Waals surface area (Å²) >= 11 is 1.78. The summed E-state index contributed by atoms with van der Waals surface area (Å²) in [5.74, 6) is 0. The van der Waals surface area contributed by atoms with Crippen molar-refractivity contribution in [2.24, 2.45) is 0 Å². The Kier molecular flexibility index (Phi) is 2.69. The van der Waals surface area contributed by atoms with Crippen LogP contribution in [0.2, 0.25) is 0 Å². The van der Waals surface area contributed by atoms with Crippen LogP contribution in [0.1, 0.15) is 25.2 Å². The first-order valence-electron chi connectivity index (χ1n) is 4.98. The van der Waals surface area contributed by atoms with Crippen LogP contribution in [-0.2, 0) is 0 Å². The Labute approximate surface area is 93.2 Å². The fourth-order valence-corrected chi connectivity index (χ4v) is 2.45. The summed E-state index contributed by atoms with van der Waals surface area (Å²) in [6.07, 6.45) is 0. The van der Waals surface area contributed by atoms with Crippen LogP contribution in [0.5, 0.6) is 0 Å². The molecule has 80 valence electrons. The van der Waals surface area contributed by atoms with E-state index < -0.39 is 0 Å². The molecule has 2 rings (SSSR count). The Morgan fingerprint density at radius 2 is 2.07 bits per heavy atom. The fraction of sp³-hybridized carbons (Fsp3) is 0.455. The molecule has 0 saturated carbocycles. The van der Waals surface area contributed by atoms with Crippen molar-refractivity contribution in [1.29, 1.82) is 0 Å². The van der Waals surface area contributed by atoms with Gasteiger partial charge in [0.2, 0.25) is 0 Å². The fourth-order valence-electron chi connectivity index (χ4n) is 1.46. The quantitative estimate of drug-likeness (QED) is 0.730. The topological polar surface area (TPSA) is 38.9 Å². The lowest BCUT2D eigenvalue weighted by Gasteiger charge is -2.05. The van der Waals surface area contributed by atoms with Crippen molar-refractivity contribution < 1.29 is 4.52 Å². The standard InChI is InChI=1S/C11H14N2OS/c1-6(2)15-9-5-7(3)12-10-8(4)13-14-11(9)10/h5-6H,1-4H3. The van der Waals surface area contributed by atoms with Gasteiger partial charge in [0.05, 0.1) is 4.90 Å². The van der Waals surface area contributed by atoms with E-state index >= 15 is 0 Å². The Morgan fingerprint density at radius 3 is 2.73 bits per heavy atom.